The summed E-state index contributed by atoms with van der Waals surface area (Å²) in [6.07, 6.45) is -0.0133. The van der Waals surface area contributed by atoms with Crippen molar-refractivity contribution in [2.75, 3.05) is 0 Å². The Balaban J connectivity index is 2.73. The summed E-state index contributed by atoms with van der Waals surface area (Å²) < 4.78 is 0. The van der Waals surface area contributed by atoms with Gasteiger partial charge in [-0.05, 0) is 17.4 Å². The Hall–Kier alpha value is -3.03. The molecule has 1 N–H and O–H groups in total. The van der Waals surface area contributed by atoms with Crippen LogP contribution in [0.4, 0.5) is 11.4 Å². The minimum Gasteiger partial charge on any atom is -0.481 e. The first-order valence-electron chi connectivity index (χ1n) is 5.97. The van der Waals surface area contributed by atoms with E-state index in [4.69, 9.17) is 5.11 Å². The second-order valence-corrected chi connectivity index (χ2v) is 4.35. The second-order valence-electron chi connectivity index (χ2n) is 4.35. The molecule has 0 bridgehead atoms. The molecule has 0 aliphatic rings. The van der Waals surface area contributed by atoms with Gasteiger partial charge in [0.05, 0.1) is 9.85 Å². The summed E-state index contributed by atoms with van der Waals surface area (Å²) in [7, 11) is 0. The lowest BCUT2D eigenvalue weighted by atomic mass is 9.98. The fourth-order valence-electron chi connectivity index (χ4n) is 2.19. The Morgan fingerprint density at radius 2 is 1.67 bits per heavy atom. The minimum atomic E-state index is -1.01. The van der Waals surface area contributed by atoms with Crippen molar-refractivity contribution in [2.45, 2.75) is 12.8 Å². The third kappa shape index (κ3) is 2.78. The molecule has 0 radical (unpaired) electrons. The number of carboxylic acid groups (broad SMARTS) is 1. The highest BCUT2D eigenvalue weighted by Crippen LogP contribution is 2.35. The fraction of sp³-hybridized carbons (Fsp3) is 0.154. The predicted octanol–water partition coefficient (Wildman–Crippen LogP) is 2.67. The number of nitrogens with zero attached hydrogens (tertiary/aromatic N) is 2. The van der Waals surface area contributed by atoms with Gasteiger partial charge in [0.25, 0.3) is 11.4 Å². The summed E-state index contributed by atoms with van der Waals surface area (Å²) >= 11 is 0. The highest BCUT2D eigenvalue weighted by atomic mass is 16.6. The van der Waals surface area contributed by atoms with Crippen molar-refractivity contribution in [3.63, 3.8) is 0 Å². The van der Waals surface area contributed by atoms with E-state index in [-0.39, 0.29) is 29.6 Å². The monoisotopic (exact) mass is 290 g/mol. The van der Waals surface area contributed by atoms with Crippen LogP contribution in [-0.2, 0) is 11.2 Å². The van der Waals surface area contributed by atoms with Gasteiger partial charge in [0.15, 0.2) is 0 Å². The van der Waals surface area contributed by atoms with Gasteiger partial charge in [0, 0.05) is 18.6 Å². The number of fused-ring (bicyclic) bond motifs is 1. The quantitative estimate of drug-likeness (QED) is 0.666. The molecule has 0 heterocycles. The zero-order valence-electron chi connectivity index (χ0n) is 10.7. The molecule has 0 aliphatic carbocycles. The molecule has 2 aromatic rings. The lowest BCUT2D eigenvalue weighted by Gasteiger charge is -2.06. The van der Waals surface area contributed by atoms with Crippen LogP contribution in [0.3, 0.4) is 0 Å². The minimum absolute atomic E-state index is 0.0737. The number of aliphatic carboxylic acids is 1. The number of nitro groups is 2. The van der Waals surface area contributed by atoms with E-state index in [0.29, 0.717) is 10.9 Å². The average Bonchev–Trinajstić information content (AvgIpc) is 2.43. The molecular formula is C13H10N2O6. The highest BCUT2D eigenvalue weighted by molar-refractivity contribution is 6.00. The molecule has 2 rings (SSSR count). The molecule has 0 atom stereocenters. The summed E-state index contributed by atoms with van der Waals surface area (Å²) in [5.74, 6) is -1.01. The van der Waals surface area contributed by atoms with Crippen molar-refractivity contribution >= 4 is 28.1 Å². The van der Waals surface area contributed by atoms with Crippen molar-refractivity contribution in [1.82, 2.24) is 0 Å². The Kier molecular flexibility index (Phi) is 3.79. The van der Waals surface area contributed by atoms with Crippen molar-refractivity contribution in [1.29, 1.82) is 0 Å². The number of non-ortho nitro benzene ring substituents is 2. The van der Waals surface area contributed by atoms with Crippen LogP contribution in [0.2, 0.25) is 0 Å². The molecule has 0 fully saturated rings. The number of hydrogen-bond acceptors (Lipinski definition) is 5. The number of carbonyl (C=O) groups is 1. The molecule has 2 aromatic carbocycles. The maximum Gasteiger partial charge on any atom is 0.303 e. The van der Waals surface area contributed by atoms with Gasteiger partial charge in [-0.1, -0.05) is 18.2 Å². The lowest BCUT2D eigenvalue weighted by Crippen LogP contribution is -2.00. The van der Waals surface area contributed by atoms with Gasteiger partial charge in [-0.25, -0.2) is 0 Å². The van der Waals surface area contributed by atoms with Crippen LogP contribution in [0.1, 0.15) is 12.0 Å². The summed E-state index contributed by atoms with van der Waals surface area (Å²) in [5.41, 5.74) is -0.200. The van der Waals surface area contributed by atoms with E-state index in [0.717, 1.165) is 0 Å². The molecule has 0 aliphatic heterocycles. The van der Waals surface area contributed by atoms with E-state index in [1.54, 1.807) is 0 Å². The zero-order valence-corrected chi connectivity index (χ0v) is 10.7. The molecule has 0 amide bonds. The number of benzene rings is 2. The molecule has 0 saturated heterocycles. The van der Waals surface area contributed by atoms with Crippen LogP contribution < -0.4 is 0 Å². The molecule has 0 saturated carbocycles. The van der Waals surface area contributed by atoms with E-state index in [9.17, 15) is 25.0 Å². The molecular weight excluding hydrogens is 280 g/mol. The summed E-state index contributed by atoms with van der Waals surface area (Å²) in [6.45, 7) is 0. The third-order valence-electron chi connectivity index (χ3n) is 3.09. The van der Waals surface area contributed by atoms with Crippen LogP contribution in [0.5, 0.6) is 0 Å². The first-order chi connectivity index (χ1) is 9.91. The van der Waals surface area contributed by atoms with E-state index in [1.807, 2.05) is 0 Å². The smallest absolute Gasteiger partial charge is 0.303 e. The zero-order chi connectivity index (χ0) is 15.6. The number of aryl methyl sites for hydroxylation is 1. The standard InChI is InChI=1S/C13H10N2O6/c16-12(17)7-5-8-4-6-11(15(20)21)13-9(8)2-1-3-10(13)14(18)19/h1-4,6H,5,7H2,(H,16,17). The van der Waals surface area contributed by atoms with Crippen LogP contribution in [0, 0.1) is 20.2 Å². The van der Waals surface area contributed by atoms with E-state index < -0.39 is 15.8 Å². The van der Waals surface area contributed by atoms with Gasteiger partial charge < -0.3 is 5.11 Å². The Morgan fingerprint density at radius 1 is 1.05 bits per heavy atom. The topological polar surface area (TPSA) is 124 Å². The fourth-order valence-corrected chi connectivity index (χ4v) is 2.19. The lowest BCUT2D eigenvalue weighted by molar-refractivity contribution is -0.390. The molecule has 21 heavy (non-hydrogen) atoms. The SMILES string of the molecule is O=C(O)CCc1ccc([N+](=O)[O-])c2c([N+](=O)[O-])cccc12. The summed E-state index contributed by atoms with van der Waals surface area (Å²) in [6, 6.07) is 6.75. The molecule has 8 nitrogen and oxygen atoms in total. The number of rotatable bonds is 5. The summed E-state index contributed by atoms with van der Waals surface area (Å²) in [5, 5.41) is 31.1. The van der Waals surface area contributed by atoms with E-state index in [1.165, 1.54) is 30.3 Å². The van der Waals surface area contributed by atoms with E-state index in [2.05, 4.69) is 0 Å². The predicted molar refractivity (Wildman–Crippen MR) is 73.2 cm³/mol. The number of carboxylic acids is 1. The average molecular weight is 290 g/mol. The molecule has 0 spiro atoms. The number of nitro benzene ring substituents is 2. The second kappa shape index (κ2) is 5.53. The largest absolute Gasteiger partial charge is 0.481 e. The highest BCUT2D eigenvalue weighted by Gasteiger charge is 2.23. The first-order valence-corrected chi connectivity index (χ1v) is 5.97. The van der Waals surface area contributed by atoms with Gasteiger partial charge in [-0.3, -0.25) is 25.0 Å². The number of hydrogen-bond donors (Lipinski definition) is 1. The molecule has 0 aromatic heterocycles. The van der Waals surface area contributed by atoms with Crippen LogP contribution >= 0.6 is 0 Å². The van der Waals surface area contributed by atoms with Crippen LogP contribution in [0.15, 0.2) is 30.3 Å². The third-order valence-corrected chi connectivity index (χ3v) is 3.09. The molecule has 0 unspecified atom stereocenters. The maximum absolute atomic E-state index is 11.1. The van der Waals surface area contributed by atoms with Gasteiger partial charge in [0.2, 0.25) is 0 Å². The molecule has 108 valence electrons. The Labute approximate surface area is 117 Å². The van der Waals surface area contributed by atoms with E-state index >= 15 is 0 Å². The maximum atomic E-state index is 11.1. The van der Waals surface area contributed by atoms with Gasteiger partial charge in [-0.2, -0.15) is 0 Å². The summed E-state index contributed by atoms with van der Waals surface area (Å²) in [4.78, 5) is 31.4. The van der Waals surface area contributed by atoms with Crippen molar-refractivity contribution in [2.24, 2.45) is 0 Å². The molecule has 8 heteroatoms. The van der Waals surface area contributed by atoms with Gasteiger partial charge in [0.1, 0.15) is 5.39 Å². The van der Waals surface area contributed by atoms with Crippen LogP contribution in [0.25, 0.3) is 10.8 Å². The van der Waals surface area contributed by atoms with Crippen molar-refractivity contribution in [3.05, 3.63) is 56.1 Å². The normalized spacial score (nSPS) is 10.5. The Morgan fingerprint density at radius 3 is 2.24 bits per heavy atom. The van der Waals surface area contributed by atoms with Gasteiger partial charge in [-0.15, -0.1) is 0 Å². The van der Waals surface area contributed by atoms with Gasteiger partial charge >= 0.3 is 5.97 Å². The van der Waals surface area contributed by atoms with Crippen LogP contribution in [-0.4, -0.2) is 20.9 Å². The van der Waals surface area contributed by atoms with Crippen molar-refractivity contribution < 1.29 is 19.7 Å². The first kappa shape index (κ1) is 14.4. The Bertz CT molecular complexity index is 735. The van der Waals surface area contributed by atoms with Crippen molar-refractivity contribution in [3.8, 4) is 0 Å².